The van der Waals surface area contributed by atoms with E-state index in [1.165, 1.54) is 0 Å². The molecule has 3 amide bonds. The molecule has 2 N–H and O–H groups in total. The Labute approximate surface area is 148 Å². The number of hydrogen-bond donors (Lipinski definition) is 2. The lowest BCUT2D eigenvalue weighted by atomic mass is 10.1. The number of nitrogens with zero attached hydrogens (tertiary/aromatic N) is 2. The van der Waals surface area contributed by atoms with Gasteiger partial charge in [0.2, 0.25) is 0 Å². The zero-order valence-electron chi connectivity index (χ0n) is 13.5. The minimum atomic E-state index is -0.0688. The molecule has 6 nitrogen and oxygen atoms in total. The van der Waals surface area contributed by atoms with Gasteiger partial charge in [-0.15, -0.1) is 12.4 Å². The van der Waals surface area contributed by atoms with Crippen LogP contribution in [0.25, 0.3) is 0 Å². The summed E-state index contributed by atoms with van der Waals surface area (Å²) in [7, 11) is 0. The molecule has 4 rings (SSSR count). The maximum absolute atomic E-state index is 12.9. The predicted molar refractivity (Wildman–Crippen MR) is 94.9 cm³/mol. The van der Waals surface area contributed by atoms with E-state index in [-0.39, 0.29) is 24.3 Å². The molecule has 24 heavy (non-hydrogen) atoms. The zero-order chi connectivity index (χ0) is 15.8. The van der Waals surface area contributed by atoms with E-state index in [0.29, 0.717) is 30.7 Å². The Morgan fingerprint density at radius 3 is 2.50 bits per heavy atom. The monoisotopic (exact) mass is 350 g/mol. The van der Waals surface area contributed by atoms with Gasteiger partial charge in [0.05, 0.1) is 0 Å². The number of rotatable bonds is 2. The fourth-order valence-corrected chi connectivity index (χ4v) is 3.96. The third kappa shape index (κ3) is 2.96. The molecule has 0 aromatic heterocycles. The largest absolute Gasteiger partial charge is 0.336 e. The first kappa shape index (κ1) is 17.0. The van der Waals surface area contributed by atoms with Gasteiger partial charge in [0, 0.05) is 43.0 Å². The maximum Gasteiger partial charge on any atom is 0.321 e. The van der Waals surface area contributed by atoms with E-state index in [1.807, 2.05) is 24.3 Å². The number of anilines is 1. The van der Waals surface area contributed by atoms with E-state index < -0.39 is 0 Å². The van der Waals surface area contributed by atoms with Gasteiger partial charge >= 0.3 is 6.03 Å². The number of hydrogen-bond acceptors (Lipinski definition) is 3. The Morgan fingerprint density at radius 1 is 1.04 bits per heavy atom. The molecular formula is C17H23ClN4O2. The van der Waals surface area contributed by atoms with Crippen molar-refractivity contribution in [2.45, 2.75) is 31.3 Å². The van der Waals surface area contributed by atoms with Crippen molar-refractivity contribution in [3.63, 3.8) is 0 Å². The van der Waals surface area contributed by atoms with E-state index in [9.17, 15) is 9.59 Å². The summed E-state index contributed by atoms with van der Waals surface area (Å²) in [6.07, 6.45) is 3.24. The molecule has 2 unspecified atom stereocenters. The lowest BCUT2D eigenvalue weighted by molar-refractivity contribution is 0.0680. The van der Waals surface area contributed by atoms with Gasteiger partial charge in [-0.05, 0) is 50.1 Å². The number of nitrogens with one attached hydrogen (secondary N) is 2. The summed E-state index contributed by atoms with van der Waals surface area (Å²) in [6.45, 7) is 3.24. The SMILES string of the molecule is Cl.O=C1NCCN1c1ccc(C(=O)N2C3CCNCC2CC3)cc1. The Bertz CT molecular complexity index is 608. The molecule has 3 heterocycles. The molecule has 130 valence electrons. The van der Waals surface area contributed by atoms with Gasteiger partial charge < -0.3 is 15.5 Å². The van der Waals surface area contributed by atoms with Crippen molar-refractivity contribution < 1.29 is 9.59 Å². The Morgan fingerprint density at radius 2 is 1.79 bits per heavy atom. The van der Waals surface area contributed by atoms with Crippen molar-refractivity contribution in [1.29, 1.82) is 0 Å². The van der Waals surface area contributed by atoms with Gasteiger partial charge in [0.1, 0.15) is 0 Å². The van der Waals surface area contributed by atoms with Crippen molar-refractivity contribution >= 4 is 30.0 Å². The molecule has 3 saturated heterocycles. The molecule has 0 saturated carbocycles. The second-order valence-electron chi connectivity index (χ2n) is 6.52. The molecule has 3 fully saturated rings. The molecule has 7 heteroatoms. The Kier molecular flexibility index (Phi) is 4.96. The topological polar surface area (TPSA) is 64.7 Å². The molecular weight excluding hydrogens is 328 g/mol. The van der Waals surface area contributed by atoms with Gasteiger partial charge in [-0.2, -0.15) is 0 Å². The van der Waals surface area contributed by atoms with Crippen LogP contribution in [0.1, 0.15) is 29.6 Å². The minimum absolute atomic E-state index is 0. The van der Waals surface area contributed by atoms with Gasteiger partial charge in [-0.3, -0.25) is 9.69 Å². The highest BCUT2D eigenvalue weighted by Gasteiger charge is 2.38. The third-order valence-electron chi connectivity index (χ3n) is 5.17. The summed E-state index contributed by atoms with van der Waals surface area (Å²) in [5.74, 6) is 0.124. The third-order valence-corrected chi connectivity index (χ3v) is 5.17. The van der Waals surface area contributed by atoms with Crippen LogP contribution in [-0.4, -0.2) is 55.1 Å². The fourth-order valence-electron chi connectivity index (χ4n) is 3.96. The summed E-state index contributed by atoms with van der Waals surface area (Å²) in [5, 5.41) is 6.21. The number of carbonyl (C=O) groups excluding carboxylic acids is 2. The molecule has 0 spiro atoms. The van der Waals surface area contributed by atoms with E-state index in [4.69, 9.17) is 0 Å². The van der Waals surface area contributed by atoms with Crippen molar-refractivity contribution in [1.82, 2.24) is 15.5 Å². The minimum Gasteiger partial charge on any atom is -0.336 e. The van der Waals surface area contributed by atoms with Crippen LogP contribution in [0.4, 0.5) is 10.5 Å². The van der Waals surface area contributed by atoms with Crippen LogP contribution in [-0.2, 0) is 0 Å². The molecule has 1 aromatic carbocycles. The molecule has 2 bridgehead atoms. The fraction of sp³-hybridized carbons (Fsp3) is 0.529. The molecule has 0 radical (unpaired) electrons. The number of fused-ring (bicyclic) bond motifs is 2. The van der Waals surface area contributed by atoms with Crippen LogP contribution in [0.3, 0.4) is 0 Å². The van der Waals surface area contributed by atoms with Gasteiger partial charge in [-0.1, -0.05) is 0 Å². The van der Waals surface area contributed by atoms with E-state index in [2.05, 4.69) is 15.5 Å². The highest BCUT2D eigenvalue weighted by atomic mass is 35.5. The van der Waals surface area contributed by atoms with E-state index in [0.717, 1.165) is 38.0 Å². The van der Waals surface area contributed by atoms with Crippen molar-refractivity contribution in [3.05, 3.63) is 29.8 Å². The van der Waals surface area contributed by atoms with Crippen LogP contribution >= 0.6 is 12.4 Å². The number of urea groups is 1. The lowest BCUT2D eigenvalue weighted by Gasteiger charge is -2.28. The van der Waals surface area contributed by atoms with Crippen molar-refractivity contribution in [3.8, 4) is 0 Å². The first-order valence-corrected chi connectivity index (χ1v) is 8.43. The maximum atomic E-state index is 12.9. The highest BCUT2D eigenvalue weighted by molar-refractivity contribution is 5.97. The number of amides is 3. The van der Waals surface area contributed by atoms with Crippen molar-refractivity contribution in [2.24, 2.45) is 0 Å². The molecule has 1 aromatic rings. The van der Waals surface area contributed by atoms with Crippen molar-refractivity contribution in [2.75, 3.05) is 31.1 Å². The number of carbonyl (C=O) groups is 2. The quantitative estimate of drug-likeness (QED) is 0.851. The molecule has 3 aliphatic heterocycles. The van der Waals surface area contributed by atoms with Crippen LogP contribution < -0.4 is 15.5 Å². The van der Waals surface area contributed by atoms with Crippen LogP contribution in [0, 0.1) is 0 Å². The normalized spacial score (nSPS) is 25.9. The Balaban J connectivity index is 0.00000169. The standard InChI is InChI=1S/C17H22N4O2.ClH/c22-16(21-14-5-6-15(21)11-18-8-7-14)12-1-3-13(4-2-12)20-10-9-19-17(20)23;/h1-4,14-15,18H,5-11H2,(H,19,23);1H. The van der Waals surface area contributed by atoms with E-state index in [1.54, 1.807) is 4.90 Å². The molecule has 3 aliphatic rings. The smallest absolute Gasteiger partial charge is 0.321 e. The first-order valence-electron chi connectivity index (χ1n) is 8.43. The summed E-state index contributed by atoms with van der Waals surface area (Å²) in [6, 6.07) is 8.06. The average molecular weight is 351 g/mol. The summed E-state index contributed by atoms with van der Waals surface area (Å²) in [5.41, 5.74) is 1.56. The predicted octanol–water partition coefficient (Wildman–Crippen LogP) is 1.60. The number of halogens is 1. The molecule has 0 aliphatic carbocycles. The lowest BCUT2D eigenvalue weighted by Crippen LogP contribution is -2.42. The van der Waals surface area contributed by atoms with Gasteiger partial charge in [0.15, 0.2) is 0 Å². The summed E-state index contributed by atoms with van der Waals surface area (Å²) < 4.78 is 0. The second kappa shape index (κ2) is 6.99. The Hall–Kier alpha value is -1.79. The first-order chi connectivity index (χ1) is 11.2. The van der Waals surface area contributed by atoms with E-state index >= 15 is 0 Å². The zero-order valence-corrected chi connectivity index (χ0v) is 14.3. The van der Waals surface area contributed by atoms with Crippen LogP contribution in [0.5, 0.6) is 0 Å². The average Bonchev–Trinajstić information content (AvgIpc) is 3.09. The van der Waals surface area contributed by atoms with Gasteiger partial charge in [-0.25, -0.2) is 4.79 Å². The summed E-state index contributed by atoms with van der Waals surface area (Å²) in [4.78, 5) is 28.4. The summed E-state index contributed by atoms with van der Waals surface area (Å²) >= 11 is 0. The van der Waals surface area contributed by atoms with Crippen LogP contribution in [0.2, 0.25) is 0 Å². The highest BCUT2D eigenvalue weighted by Crippen LogP contribution is 2.30. The van der Waals surface area contributed by atoms with Crippen LogP contribution in [0.15, 0.2) is 24.3 Å². The number of benzene rings is 1. The molecule has 2 atom stereocenters. The second-order valence-corrected chi connectivity index (χ2v) is 6.52. The van der Waals surface area contributed by atoms with Gasteiger partial charge in [0.25, 0.3) is 5.91 Å².